The SMILES string of the molecule is Cc1ccc(Br)cc1NCC1CCN(C(=O)OC(C)(C)C)CC1. The quantitative estimate of drug-likeness (QED) is 0.814. The molecule has 1 aliphatic rings. The first-order valence-corrected chi connectivity index (χ1v) is 9.02. The molecule has 0 radical (unpaired) electrons. The van der Waals surface area contributed by atoms with E-state index in [9.17, 15) is 4.79 Å². The first-order chi connectivity index (χ1) is 10.7. The highest BCUT2D eigenvalue weighted by Crippen LogP contribution is 2.23. The molecule has 1 aliphatic heterocycles. The number of carbonyl (C=O) groups is 1. The fourth-order valence-corrected chi connectivity index (χ4v) is 3.05. The summed E-state index contributed by atoms with van der Waals surface area (Å²) >= 11 is 3.51. The van der Waals surface area contributed by atoms with Gasteiger partial charge >= 0.3 is 6.09 Å². The Labute approximate surface area is 147 Å². The minimum absolute atomic E-state index is 0.188. The van der Waals surface area contributed by atoms with Crippen molar-refractivity contribution in [2.24, 2.45) is 5.92 Å². The predicted molar refractivity (Wildman–Crippen MR) is 97.9 cm³/mol. The van der Waals surface area contributed by atoms with Gasteiger partial charge in [0.05, 0.1) is 0 Å². The van der Waals surface area contributed by atoms with Crippen LogP contribution in [0.2, 0.25) is 0 Å². The lowest BCUT2D eigenvalue weighted by atomic mass is 9.97. The topological polar surface area (TPSA) is 41.6 Å². The summed E-state index contributed by atoms with van der Waals surface area (Å²) in [6, 6.07) is 6.28. The van der Waals surface area contributed by atoms with Crippen molar-refractivity contribution >= 4 is 27.7 Å². The van der Waals surface area contributed by atoms with Crippen molar-refractivity contribution < 1.29 is 9.53 Å². The first kappa shape index (κ1) is 18.1. The lowest BCUT2D eigenvalue weighted by molar-refractivity contribution is 0.0188. The number of benzene rings is 1. The monoisotopic (exact) mass is 382 g/mol. The summed E-state index contributed by atoms with van der Waals surface area (Å²) in [5.41, 5.74) is 2.00. The van der Waals surface area contributed by atoms with E-state index >= 15 is 0 Å². The van der Waals surface area contributed by atoms with Gasteiger partial charge in [-0.25, -0.2) is 4.79 Å². The highest BCUT2D eigenvalue weighted by atomic mass is 79.9. The molecule has 0 spiro atoms. The largest absolute Gasteiger partial charge is 0.444 e. The van der Waals surface area contributed by atoms with E-state index in [-0.39, 0.29) is 6.09 Å². The van der Waals surface area contributed by atoms with Gasteiger partial charge in [0, 0.05) is 29.8 Å². The van der Waals surface area contributed by atoms with Crippen molar-refractivity contribution in [3.05, 3.63) is 28.2 Å². The van der Waals surface area contributed by atoms with Gasteiger partial charge in [0.15, 0.2) is 0 Å². The molecule has 0 atom stereocenters. The van der Waals surface area contributed by atoms with Crippen molar-refractivity contribution in [1.29, 1.82) is 0 Å². The van der Waals surface area contributed by atoms with Crippen molar-refractivity contribution in [3.8, 4) is 0 Å². The summed E-state index contributed by atoms with van der Waals surface area (Å²) in [6.07, 6.45) is 1.84. The Bertz CT molecular complexity index is 546. The van der Waals surface area contributed by atoms with Gasteiger partial charge in [-0.2, -0.15) is 0 Å². The molecule has 5 heteroatoms. The number of aryl methyl sites for hydroxylation is 1. The Morgan fingerprint density at radius 2 is 2.00 bits per heavy atom. The van der Waals surface area contributed by atoms with Crippen molar-refractivity contribution in [3.63, 3.8) is 0 Å². The minimum atomic E-state index is -0.423. The number of piperidine rings is 1. The van der Waals surface area contributed by atoms with Crippen LogP contribution < -0.4 is 5.32 Å². The number of anilines is 1. The number of ether oxygens (including phenoxy) is 1. The van der Waals surface area contributed by atoms with E-state index in [2.05, 4.69) is 46.4 Å². The number of nitrogens with one attached hydrogen (secondary N) is 1. The highest BCUT2D eigenvalue weighted by molar-refractivity contribution is 9.10. The van der Waals surface area contributed by atoms with Crippen LogP contribution in [-0.2, 0) is 4.74 Å². The Hall–Kier alpha value is -1.23. The highest BCUT2D eigenvalue weighted by Gasteiger charge is 2.26. The van der Waals surface area contributed by atoms with Gasteiger partial charge in [0.2, 0.25) is 0 Å². The number of nitrogens with zero attached hydrogens (tertiary/aromatic N) is 1. The van der Waals surface area contributed by atoms with Crippen molar-refractivity contribution in [2.75, 3.05) is 25.0 Å². The third-order valence-electron chi connectivity index (χ3n) is 4.05. The van der Waals surface area contributed by atoms with Crippen molar-refractivity contribution in [2.45, 2.75) is 46.1 Å². The minimum Gasteiger partial charge on any atom is -0.444 e. The van der Waals surface area contributed by atoms with Gasteiger partial charge in [0.25, 0.3) is 0 Å². The van der Waals surface area contributed by atoms with Gasteiger partial charge in [-0.1, -0.05) is 22.0 Å². The third-order valence-corrected chi connectivity index (χ3v) is 4.54. The summed E-state index contributed by atoms with van der Waals surface area (Å²) in [5, 5.41) is 3.54. The normalized spacial score (nSPS) is 16.3. The van der Waals surface area contributed by atoms with E-state index in [1.54, 1.807) is 0 Å². The Morgan fingerprint density at radius 3 is 2.61 bits per heavy atom. The molecule has 23 heavy (non-hydrogen) atoms. The smallest absolute Gasteiger partial charge is 0.410 e. The van der Waals surface area contributed by atoms with Crippen LogP contribution in [0, 0.1) is 12.8 Å². The van der Waals surface area contributed by atoms with E-state index < -0.39 is 5.60 Å². The van der Waals surface area contributed by atoms with Gasteiger partial charge in [-0.3, -0.25) is 0 Å². The molecule has 2 rings (SSSR count). The average Bonchev–Trinajstić information content (AvgIpc) is 2.47. The number of amides is 1. The molecule has 4 nitrogen and oxygen atoms in total. The molecule has 1 aromatic carbocycles. The van der Waals surface area contributed by atoms with Crippen LogP contribution in [0.5, 0.6) is 0 Å². The van der Waals surface area contributed by atoms with Gasteiger partial charge in [0.1, 0.15) is 5.60 Å². The molecule has 1 N–H and O–H groups in total. The number of carbonyl (C=O) groups excluding carboxylic acids is 1. The van der Waals surface area contributed by atoms with E-state index in [4.69, 9.17) is 4.74 Å². The second kappa shape index (κ2) is 7.56. The standard InChI is InChI=1S/C18H27BrN2O2/c1-13-5-6-15(19)11-16(13)20-12-14-7-9-21(10-8-14)17(22)23-18(2,3)4/h5-6,11,14,20H,7-10,12H2,1-4H3. The Balaban J connectivity index is 1.79. The molecule has 0 aromatic heterocycles. The molecule has 0 saturated carbocycles. The number of halogens is 1. The molecular formula is C18H27BrN2O2. The molecule has 1 aromatic rings. The van der Waals surface area contributed by atoms with Crippen LogP contribution in [-0.4, -0.2) is 36.2 Å². The number of rotatable bonds is 3. The van der Waals surface area contributed by atoms with Gasteiger partial charge in [-0.05, 0) is 64.2 Å². The number of hydrogen-bond donors (Lipinski definition) is 1. The fraction of sp³-hybridized carbons (Fsp3) is 0.611. The second-order valence-electron chi connectivity index (χ2n) is 7.25. The fourth-order valence-electron chi connectivity index (χ4n) is 2.69. The van der Waals surface area contributed by atoms with Crippen LogP contribution in [0.25, 0.3) is 0 Å². The molecular weight excluding hydrogens is 356 g/mol. The Kier molecular flexibility index (Phi) is 5.95. The molecule has 1 heterocycles. The molecule has 1 saturated heterocycles. The summed E-state index contributed by atoms with van der Waals surface area (Å²) in [7, 11) is 0. The maximum atomic E-state index is 12.1. The van der Waals surface area contributed by atoms with Crippen LogP contribution >= 0.6 is 15.9 Å². The summed E-state index contributed by atoms with van der Waals surface area (Å²) in [6.45, 7) is 10.3. The predicted octanol–water partition coefficient (Wildman–Crippen LogP) is 4.82. The summed E-state index contributed by atoms with van der Waals surface area (Å²) in [5.74, 6) is 0.590. The first-order valence-electron chi connectivity index (χ1n) is 8.22. The van der Waals surface area contributed by atoms with Crippen molar-refractivity contribution in [1.82, 2.24) is 4.90 Å². The molecule has 0 unspecified atom stereocenters. The molecule has 1 amide bonds. The van der Waals surface area contributed by atoms with E-state index in [1.807, 2.05) is 25.7 Å². The molecule has 0 aliphatic carbocycles. The summed E-state index contributed by atoms with van der Waals surface area (Å²) in [4.78, 5) is 13.9. The number of hydrogen-bond acceptors (Lipinski definition) is 3. The summed E-state index contributed by atoms with van der Waals surface area (Å²) < 4.78 is 6.53. The maximum Gasteiger partial charge on any atom is 0.410 e. The van der Waals surface area contributed by atoms with Crippen LogP contribution in [0.4, 0.5) is 10.5 Å². The lowest BCUT2D eigenvalue weighted by Crippen LogP contribution is -2.42. The lowest BCUT2D eigenvalue weighted by Gasteiger charge is -2.33. The van der Waals surface area contributed by atoms with Crippen LogP contribution in [0.3, 0.4) is 0 Å². The van der Waals surface area contributed by atoms with Gasteiger partial charge < -0.3 is 15.0 Å². The van der Waals surface area contributed by atoms with Crippen LogP contribution in [0.1, 0.15) is 39.2 Å². The zero-order valence-electron chi connectivity index (χ0n) is 14.5. The van der Waals surface area contributed by atoms with Crippen LogP contribution in [0.15, 0.2) is 22.7 Å². The molecule has 128 valence electrons. The third kappa shape index (κ3) is 5.72. The second-order valence-corrected chi connectivity index (χ2v) is 8.17. The molecule has 1 fully saturated rings. The van der Waals surface area contributed by atoms with E-state index in [1.165, 1.54) is 11.3 Å². The van der Waals surface area contributed by atoms with Gasteiger partial charge in [-0.15, -0.1) is 0 Å². The van der Waals surface area contributed by atoms with E-state index in [0.717, 1.165) is 36.9 Å². The molecule has 0 bridgehead atoms. The maximum absolute atomic E-state index is 12.1. The number of likely N-dealkylation sites (tertiary alicyclic amines) is 1. The zero-order chi connectivity index (χ0) is 17.0. The van der Waals surface area contributed by atoms with E-state index in [0.29, 0.717) is 5.92 Å². The zero-order valence-corrected chi connectivity index (χ0v) is 16.1. The Morgan fingerprint density at radius 1 is 1.35 bits per heavy atom. The average molecular weight is 383 g/mol.